The van der Waals surface area contributed by atoms with E-state index in [1.165, 1.54) is 12.1 Å². The monoisotopic (exact) mass is 180 g/mol. The summed E-state index contributed by atoms with van der Waals surface area (Å²) in [6, 6.07) is 4.68. The molecule has 70 valence electrons. The van der Waals surface area contributed by atoms with Crippen molar-refractivity contribution in [2.24, 2.45) is 0 Å². The van der Waals surface area contributed by atoms with E-state index in [-0.39, 0.29) is 11.7 Å². The Kier molecular flexibility index (Phi) is 3.18. The van der Waals surface area contributed by atoms with E-state index in [0.29, 0.717) is 6.42 Å². The van der Waals surface area contributed by atoms with Crippen molar-refractivity contribution in [2.75, 3.05) is 0 Å². The van der Waals surface area contributed by atoms with E-state index in [0.717, 1.165) is 17.4 Å². The quantitative estimate of drug-likeness (QED) is 0.654. The molecule has 0 fully saturated rings. The van der Waals surface area contributed by atoms with E-state index < -0.39 is 0 Å². The number of aldehydes is 1. The van der Waals surface area contributed by atoms with Crippen LogP contribution in [0.4, 0.5) is 4.39 Å². The van der Waals surface area contributed by atoms with Gasteiger partial charge in [-0.1, -0.05) is 13.0 Å². The van der Waals surface area contributed by atoms with Crippen molar-refractivity contribution < 1.29 is 9.18 Å². The van der Waals surface area contributed by atoms with E-state index in [1.807, 2.05) is 13.8 Å². The Morgan fingerprint density at radius 3 is 2.77 bits per heavy atom. The summed E-state index contributed by atoms with van der Waals surface area (Å²) in [6.45, 7) is 3.83. The van der Waals surface area contributed by atoms with Crippen LogP contribution in [0.15, 0.2) is 18.2 Å². The van der Waals surface area contributed by atoms with Crippen LogP contribution in [0.2, 0.25) is 0 Å². The normalized spacial score (nSPS) is 12.5. The van der Waals surface area contributed by atoms with Crippen LogP contribution in [0.3, 0.4) is 0 Å². The standard InChI is InChI=1S/C11H13FO/c1-8(5-6-13)11-4-3-10(12)7-9(11)2/h3-4,6-8H,5H2,1-2H3. The minimum absolute atomic E-state index is 0.179. The fraction of sp³-hybridized carbons (Fsp3) is 0.364. The lowest BCUT2D eigenvalue weighted by Crippen LogP contribution is -1.97. The van der Waals surface area contributed by atoms with E-state index >= 15 is 0 Å². The Hall–Kier alpha value is -1.18. The van der Waals surface area contributed by atoms with Crippen LogP contribution in [-0.2, 0) is 4.79 Å². The Morgan fingerprint density at radius 2 is 2.23 bits per heavy atom. The van der Waals surface area contributed by atoms with Gasteiger partial charge in [-0.15, -0.1) is 0 Å². The van der Waals surface area contributed by atoms with Gasteiger partial charge in [-0.05, 0) is 36.1 Å². The smallest absolute Gasteiger partial charge is 0.123 e. The lowest BCUT2D eigenvalue weighted by atomic mass is 9.94. The molecule has 13 heavy (non-hydrogen) atoms. The van der Waals surface area contributed by atoms with Gasteiger partial charge in [0.05, 0.1) is 0 Å². The van der Waals surface area contributed by atoms with Crippen LogP contribution in [0.1, 0.15) is 30.4 Å². The zero-order valence-corrected chi connectivity index (χ0v) is 7.88. The van der Waals surface area contributed by atoms with Crippen molar-refractivity contribution in [1.29, 1.82) is 0 Å². The molecule has 2 heteroatoms. The molecule has 1 unspecified atom stereocenters. The summed E-state index contributed by atoms with van der Waals surface area (Å²) >= 11 is 0. The van der Waals surface area contributed by atoms with E-state index in [1.54, 1.807) is 6.07 Å². The molecule has 1 aromatic rings. The first-order chi connectivity index (χ1) is 6.15. The molecule has 0 heterocycles. The van der Waals surface area contributed by atoms with Gasteiger partial charge < -0.3 is 4.79 Å². The Balaban J connectivity index is 2.94. The molecule has 0 spiro atoms. The minimum atomic E-state index is -0.223. The number of carbonyl (C=O) groups is 1. The van der Waals surface area contributed by atoms with Gasteiger partial charge in [-0.25, -0.2) is 4.39 Å². The Morgan fingerprint density at radius 1 is 1.54 bits per heavy atom. The number of rotatable bonds is 3. The van der Waals surface area contributed by atoms with Crippen molar-refractivity contribution in [1.82, 2.24) is 0 Å². The first-order valence-corrected chi connectivity index (χ1v) is 4.35. The summed E-state index contributed by atoms with van der Waals surface area (Å²) < 4.78 is 12.7. The van der Waals surface area contributed by atoms with Crippen LogP contribution >= 0.6 is 0 Å². The Bertz CT molecular complexity index is 307. The number of halogens is 1. The second-order valence-corrected chi connectivity index (χ2v) is 3.30. The minimum Gasteiger partial charge on any atom is -0.303 e. The molecule has 0 aromatic heterocycles. The predicted molar refractivity (Wildman–Crippen MR) is 50.2 cm³/mol. The third kappa shape index (κ3) is 2.38. The lowest BCUT2D eigenvalue weighted by molar-refractivity contribution is -0.108. The average Bonchev–Trinajstić information content (AvgIpc) is 2.04. The van der Waals surface area contributed by atoms with Crippen LogP contribution in [-0.4, -0.2) is 6.29 Å². The Labute approximate surface area is 77.6 Å². The highest BCUT2D eigenvalue weighted by Gasteiger charge is 2.07. The average molecular weight is 180 g/mol. The third-order valence-corrected chi connectivity index (χ3v) is 2.21. The second-order valence-electron chi connectivity index (χ2n) is 3.30. The fourth-order valence-corrected chi connectivity index (χ4v) is 1.46. The highest BCUT2D eigenvalue weighted by atomic mass is 19.1. The fourth-order valence-electron chi connectivity index (χ4n) is 1.46. The maximum atomic E-state index is 12.7. The second kappa shape index (κ2) is 4.17. The molecular formula is C11H13FO. The molecule has 1 atom stereocenters. The summed E-state index contributed by atoms with van der Waals surface area (Å²) in [6.07, 6.45) is 1.39. The molecular weight excluding hydrogens is 167 g/mol. The molecule has 0 aliphatic rings. The summed E-state index contributed by atoms with van der Waals surface area (Å²) in [7, 11) is 0. The van der Waals surface area contributed by atoms with Gasteiger partial charge in [0.15, 0.2) is 0 Å². The van der Waals surface area contributed by atoms with Gasteiger partial charge in [-0.3, -0.25) is 0 Å². The molecule has 1 aromatic carbocycles. The highest BCUT2D eigenvalue weighted by Crippen LogP contribution is 2.22. The number of carbonyl (C=O) groups excluding carboxylic acids is 1. The molecule has 0 amide bonds. The molecule has 0 bridgehead atoms. The molecule has 1 rings (SSSR count). The maximum absolute atomic E-state index is 12.7. The third-order valence-electron chi connectivity index (χ3n) is 2.21. The van der Waals surface area contributed by atoms with Gasteiger partial charge in [0, 0.05) is 6.42 Å². The number of aryl methyl sites for hydroxylation is 1. The molecule has 0 N–H and O–H groups in total. The van der Waals surface area contributed by atoms with Crippen molar-refractivity contribution in [3.63, 3.8) is 0 Å². The van der Waals surface area contributed by atoms with E-state index in [2.05, 4.69) is 0 Å². The van der Waals surface area contributed by atoms with Gasteiger partial charge >= 0.3 is 0 Å². The molecule has 0 aliphatic heterocycles. The van der Waals surface area contributed by atoms with E-state index in [9.17, 15) is 9.18 Å². The van der Waals surface area contributed by atoms with Crippen molar-refractivity contribution in [3.8, 4) is 0 Å². The maximum Gasteiger partial charge on any atom is 0.123 e. The molecule has 0 aliphatic carbocycles. The highest BCUT2D eigenvalue weighted by molar-refractivity contribution is 5.52. The van der Waals surface area contributed by atoms with Crippen LogP contribution in [0.25, 0.3) is 0 Å². The largest absolute Gasteiger partial charge is 0.303 e. The van der Waals surface area contributed by atoms with Crippen LogP contribution in [0.5, 0.6) is 0 Å². The lowest BCUT2D eigenvalue weighted by Gasteiger charge is -2.11. The van der Waals surface area contributed by atoms with E-state index in [4.69, 9.17) is 0 Å². The number of hydrogen-bond acceptors (Lipinski definition) is 1. The molecule has 1 nitrogen and oxygen atoms in total. The predicted octanol–water partition coefficient (Wildman–Crippen LogP) is 2.83. The first-order valence-electron chi connectivity index (χ1n) is 4.35. The van der Waals surface area contributed by atoms with Gasteiger partial charge in [-0.2, -0.15) is 0 Å². The van der Waals surface area contributed by atoms with Crippen molar-refractivity contribution in [2.45, 2.75) is 26.2 Å². The topological polar surface area (TPSA) is 17.1 Å². The SMILES string of the molecule is Cc1cc(F)ccc1C(C)CC=O. The van der Waals surface area contributed by atoms with Crippen LogP contribution < -0.4 is 0 Å². The first kappa shape index (κ1) is 9.90. The van der Waals surface area contributed by atoms with Gasteiger partial charge in [0.2, 0.25) is 0 Å². The number of hydrogen-bond donors (Lipinski definition) is 0. The summed E-state index contributed by atoms with van der Waals surface area (Å²) in [5, 5.41) is 0. The van der Waals surface area contributed by atoms with Gasteiger partial charge in [0.1, 0.15) is 12.1 Å². The molecule has 0 saturated carbocycles. The zero-order valence-electron chi connectivity index (χ0n) is 7.88. The zero-order chi connectivity index (χ0) is 9.84. The summed E-state index contributed by atoms with van der Waals surface area (Å²) in [5.41, 5.74) is 1.96. The molecule has 0 saturated heterocycles. The van der Waals surface area contributed by atoms with Crippen LogP contribution in [0, 0.1) is 12.7 Å². The van der Waals surface area contributed by atoms with Crippen molar-refractivity contribution in [3.05, 3.63) is 35.1 Å². The molecule has 0 radical (unpaired) electrons. The summed E-state index contributed by atoms with van der Waals surface area (Å²) in [5.74, 6) is -0.0438. The van der Waals surface area contributed by atoms with Crippen molar-refractivity contribution >= 4 is 6.29 Å². The number of benzene rings is 1. The van der Waals surface area contributed by atoms with Gasteiger partial charge in [0.25, 0.3) is 0 Å². The summed E-state index contributed by atoms with van der Waals surface area (Å²) in [4.78, 5) is 10.3.